The van der Waals surface area contributed by atoms with E-state index in [0.717, 1.165) is 6.42 Å². The van der Waals surface area contributed by atoms with Gasteiger partial charge < -0.3 is 10.4 Å². The van der Waals surface area contributed by atoms with Crippen LogP contribution in [0.5, 0.6) is 0 Å². The van der Waals surface area contributed by atoms with Gasteiger partial charge in [0, 0.05) is 0 Å². The maximum absolute atomic E-state index is 10.3. The summed E-state index contributed by atoms with van der Waals surface area (Å²) in [5.41, 5.74) is 0. The molecular formula is C6H11NO3. The molecule has 0 saturated carbocycles. The van der Waals surface area contributed by atoms with Gasteiger partial charge in [0.2, 0.25) is 6.41 Å². The second-order valence-corrected chi connectivity index (χ2v) is 1.96. The minimum Gasteiger partial charge on any atom is -0.480 e. The van der Waals surface area contributed by atoms with Crippen LogP contribution >= 0.6 is 0 Å². The molecule has 1 unspecified atom stereocenters. The molecule has 0 heterocycles. The Morgan fingerprint density at radius 1 is 1.80 bits per heavy atom. The molecule has 2 N–H and O–H groups in total. The second kappa shape index (κ2) is 4.78. The molecule has 0 rings (SSSR count). The van der Waals surface area contributed by atoms with Gasteiger partial charge in [0.15, 0.2) is 0 Å². The normalized spacial score (nSPS) is 12.1. The Kier molecular flexibility index (Phi) is 4.28. The van der Waals surface area contributed by atoms with Crippen LogP contribution in [0, 0.1) is 0 Å². The monoisotopic (exact) mass is 145 g/mol. The summed E-state index contributed by atoms with van der Waals surface area (Å²) in [4.78, 5) is 20.1. The molecule has 0 aliphatic heterocycles. The van der Waals surface area contributed by atoms with Crippen molar-refractivity contribution in [2.24, 2.45) is 0 Å². The zero-order chi connectivity index (χ0) is 7.98. The van der Waals surface area contributed by atoms with E-state index in [1.165, 1.54) is 0 Å². The first-order chi connectivity index (χ1) is 4.72. The van der Waals surface area contributed by atoms with E-state index in [1.54, 1.807) is 0 Å². The van der Waals surface area contributed by atoms with Crippen LogP contribution in [0.15, 0.2) is 0 Å². The van der Waals surface area contributed by atoms with E-state index in [0.29, 0.717) is 12.8 Å². The van der Waals surface area contributed by atoms with Crippen LogP contribution in [0.1, 0.15) is 19.8 Å². The minimum absolute atomic E-state index is 0.411. The topological polar surface area (TPSA) is 66.4 Å². The molecule has 0 aromatic carbocycles. The van der Waals surface area contributed by atoms with Crippen molar-refractivity contribution in [1.82, 2.24) is 5.32 Å². The fourth-order valence-corrected chi connectivity index (χ4v) is 0.649. The molecule has 58 valence electrons. The summed E-state index contributed by atoms with van der Waals surface area (Å²) < 4.78 is 0. The molecule has 0 aromatic rings. The smallest absolute Gasteiger partial charge is 0.326 e. The third kappa shape index (κ3) is 3.06. The number of carboxylic acid groups (broad SMARTS) is 1. The molecule has 0 aromatic heterocycles. The summed E-state index contributed by atoms with van der Waals surface area (Å²) in [7, 11) is 0. The molecule has 0 bridgehead atoms. The van der Waals surface area contributed by atoms with Gasteiger partial charge >= 0.3 is 5.97 Å². The van der Waals surface area contributed by atoms with Gasteiger partial charge in [-0.25, -0.2) is 4.79 Å². The van der Waals surface area contributed by atoms with Gasteiger partial charge in [0.05, 0.1) is 0 Å². The number of nitrogens with one attached hydrogen (secondary N) is 1. The summed E-state index contributed by atoms with van der Waals surface area (Å²) in [6.45, 7) is 1.86. The van der Waals surface area contributed by atoms with Crippen molar-refractivity contribution in [3.05, 3.63) is 0 Å². The van der Waals surface area contributed by atoms with Crippen LogP contribution in [-0.2, 0) is 9.59 Å². The first-order valence-corrected chi connectivity index (χ1v) is 3.14. The van der Waals surface area contributed by atoms with Gasteiger partial charge in [-0.3, -0.25) is 4.79 Å². The molecule has 1 amide bonds. The first-order valence-electron chi connectivity index (χ1n) is 3.14. The average Bonchev–Trinajstić information content (AvgIpc) is 1.87. The van der Waals surface area contributed by atoms with Crippen molar-refractivity contribution in [1.29, 1.82) is 0 Å². The van der Waals surface area contributed by atoms with Crippen LogP contribution in [0.4, 0.5) is 0 Å². The Morgan fingerprint density at radius 2 is 2.40 bits per heavy atom. The van der Waals surface area contributed by atoms with Crippen LogP contribution < -0.4 is 5.32 Å². The van der Waals surface area contributed by atoms with Crippen molar-refractivity contribution in [3.63, 3.8) is 0 Å². The second-order valence-electron chi connectivity index (χ2n) is 1.96. The number of hydrogen-bond acceptors (Lipinski definition) is 2. The van der Waals surface area contributed by atoms with Gasteiger partial charge in [-0.2, -0.15) is 0 Å². The van der Waals surface area contributed by atoms with E-state index in [9.17, 15) is 9.59 Å². The number of carbonyl (C=O) groups is 2. The van der Waals surface area contributed by atoms with Crippen LogP contribution in [0.25, 0.3) is 0 Å². The maximum atomic E-state index is 10.3. The maximum Gasteiger partial charge on any atom is 0.326 e. The van der Waals surface area contributed by atoms with Crippen LogP contribution in [-0.4, -0.2) is 23.5 Å². The Morgan fingerprint density at radius 3 is 2.70 bits per heavy atom. The molecule has 0 spiro atoms. The predicted molar refractivity (Wildman–Crippen MR) is 35.5 cm³/mol. The molecule has 10 heavy (non-hydrogen) atoms. The van der Waals surface area contributed by atoms with Gasteiger partial charge in [0.25, 0.3) is 0 Å². The van der Waals surface area contributed by atoms with Crippen molar-refractivity contribution in [3.8, 4) is 0 Å². The largest absolute Gasteiger partial charge is 0.480 e. The van der Waals surface area contributed by atoms with Gasteiger partial charge in [-0.05, 0) is 6.42 Å². The molecule has 0 fully saturated rings. The number of hydrogen-bond donors (Lipinski definition) is 2. The molecule has 0 aliphatic carbocycles. The zero-order valence-corrected chi connectivity index (χ0v) is 5.83. The summed E-state index contributed by atoms with van der Waals surface area (Å²) >= 11 is 0. The average molecular weight is 145 g/mol. The van der Waals surface area contributed by atoms with E-state index in [2.05, 4.69) is 5.32 Å². The highest BCUT2D eigenvalue weighted by Gasteiger charge is 2.13. The molecule has 0 saturated heterocycles. The number of carboxylic acids is 1. The number of amides is 1. The summed E-state index contributed by atoms with van der Waals surface area (Å²) in [5, 5.41) is 10.6. The fourth-order valence-electron chi connectivity index (χ4n) is 0.649. The molecular weight excluding hydrogens is 134 g/mol. The highest BCUT2D eigenvalue weighted by Crippen LogP contribution is 1.94. The number of aliphatic carboxylic acids is 1. The quantitative estimate of drug-likeness (QED) is 0.534. The van der Waals surface area contributed by atoms with E-state index < -0.39 is 12.0 Å². The van der Waals surface area contributed by atoms with Gasteiger partial charge in [-0.1, -0.05) is 13.3 Å². The first kappa shape index (κ1) is 8.94. The lowest BCUT2D eigenvalue weighted by Gasteiger charge is -2.07. The summed E-state index contributed by atoms with van der Waals surface area (Å²) in [6, 6.07) is -0.720. The lowest BCUT2D eigenvalue weighted by molar-refractivity contribution is -0.140. The number of rotatable bonds is 5. The van der Waals surface area contributed by atoms with E-state index in [4.69, 9.17) is 5.11 Å². The standard InChI is InChI=1S/C6H11NO3/c1-2-3-5(6(9)10)7-4-8/h4-5H,2-3H2,1H3,(H,7,8)(H,9,10). The SMILES string of the molecule is CCCC(NC=O)C(=O)O. The van der Waals surface area contributed by atoms with E-state index >= 15 is 0 Å². The van der Waals surface area contributed by atoms with Crippen molar-refractivity contribution < 1.29 is 14.7 Å². The Labute approximate surface area is 59.2 Å². The van der Waals surface area contributed by atoms with Crippen molar-refractivity contribution in [2.75, 3.05) is 0 Å². The van der Waals surface area contributed by atoms with Crippen LogP contribution in [0.3, 0.4) is 0 Å². The molecule has 4 heteroatoms. The van der Waals surface area contributed by atoms with Crippen molar-refractivity contribution in [2.45, 2.75) is 25.8 Å². The predicted octanol–water partition coefficient (Wildman–Crippen LogP) is -0.0143. The summed E-state index contributed by atoms with van der Waals surface area (Å²) in [5.74, 6) is -0.978. The Hall–Kier alpha value is -1.06. The molecule has 4 nitrogen and oxygen atoms in total. The Bertz CT molecular complexity index is 124. The van der Waals surface area contributed by atoms with Crippen LogP contribution in [0.2, 0.25) is 0 Å². The summed E-state index contributed by atoms with van der Waals surface area (Å²) in [6.07, 6.45) is 1.64. The van der Waals surface area contributed by atoms with Crippen molar-refractivity contribution >= 4 is 12.4 Å². The minimum atomic E-state index is -0.978. The van der Waals surface area contributed by atoms with E-state index in [-0.39, 0.29) is 0 Å². The molecule has 0 aliphatic rings. The Balaban J connectivity index is 3.71. The number of carbonyl (C=O) groups excluding carboxylic acids is 1. The lowest BCUT2D eigenvalue weighted by atomic mass is 10.2. The van der Waals surface area contributed by atoms with Gasteiger partial charge in [-0.15, -0.1) is 0 Å². The highest BCUT2D eigenvalue weighted by atomic mass is 16.4. The lowest BCUT2D eigenvalue weighted by Crippen LogP contribution is -2.35. The third-order valence-electron chi connectivity index (χ3n) is 1.14. The molecule has 1 atom stereocenters. The third-order valence-corrected chi connectivity index (χ3v) is 1.14. The fraction of sp³-hybridized carbons (Fsp3) is 0.667. The zero-order valence-electron chi connectivity index (χ0n) is 5.83. The molecule has 0 radical (unpaired) electrons. The highest BCUT2D eigenvalue weighted by molar-refractivity contribution is 5.76. The van der Waals surface area contributed by atoms with Gasteiger partial charge in [0.1, 0.15) is 6.04 Å². The van der Waals surface area contributed by atoms with E-state index in [1.807, 2.05) is 6.92 Å².